The van der Waals surface area contributed by atoms with Gasteiger partial charge >= 0.3 is 0 Å². The van der Waals surface area contributed by atoms with E-state index in [2.05, 4.69) is 17.6 Å². The Hall–Kier alpha value is -2.04. The predicted molar refractivity (Wildman–Crippen MR) is 101 cm³/mol. The monoisotopic (exact) mass is 376 g/mol. The summed E-state index contributed by atoms with van der Waals surface area (Å²) in [4.78, 5) is 25.2. The van der Waals surface area contributed by atoms with Crippen molar-refractivity contribution in [2.45, 2.75) is 26.2 Å². The van der Waals surface area contributed by atoms with E-state index >= 15 is 0 Å². The van der Waals surface area contributed by atoms with Gasteiger partial charge in [-0.05, 0) is 55.2 Å². The molecule has 130 valence electrons. The molecule has 0 bridgehead atoms. The molecule has 0 saturated heterocycles. The summed E-state index contributed by atoms with van der Waals surface area (Å²) in [6.07, 6.45) is 1.95. The van der Waals surface area contributed by atoms with Crippen LogP contribution in [0.3, 0.4) is 0 Å². The Morgan fingerprint density at radius 1 is 1.00 bits per heavy atom. The molecular formula is C19H18Cl2N2O2. The molecule has 0 heterocycles. The van der Waals surface area contributed by atoms with Crippen LogP contribution in [-0.2, 0) is 16.0 Å². The van der Waals surface area contributed by atoms with E-state index in [1.807, 2.05) is 24.3 Å². The van der Waals surface area contributed by atoms with Gasteiger partial charge < -0.3 is 10.6 Å². The quantitative estimate of drug-likeness (QED) is 0.728. The van der Waals surface area contributed by atoms with Gasteiger partial charge in [-0.1, -0.05) is 42.3 Å². The standard InChI is InChI=1S/C19H18Cl2N2O2/c1-2-12-3-6-14(7-4-12)22-17(24)19(9-10-19)18(25)23-16-11-13(20)5-8-15(16)21/h3-8,11H,2,9-10H2,1H3,(H,22,24)(H,23,25). The average Bonchev–Trinajstić information content (AvgIpc) is 3.41. The van der Waals surface area contributed by atoms with E-state index in [0.29, 0.717) is 34.3 Å². The second-order valence-corrected chi connectivity index (χ2v) is 7.01. The lowest BCUT2D eigenvalue weighted by molar-refractivity contribution is -0.131. The van der Waals surface area contributed by atoms with Crippen LogP contribution >= 0.6 is 23.2 Å². The SMILES string of the molecule is CCc1ccc(NC(=O)C2(C(=O)Nc3cc(Cl)ccc3Cl)CC2)cc1. The summed E-state index contributed by atoms with van der Waals surface area (Å²) in [6.45, 7) is 2.07. The van der Waals surface area contributed by atoms with E-state index in [4.69, 9.17) is 23.2 Å². The first kappa shape index (κ1) is 17.8. The predicted octanol–water partition coefficient (Wildman–Crippen LogP) is 4.91. The zero-order chi connectivity index (χ0) is 18.0. The molecule has 0 unspecified atom stereocenters. The minimum Gasteiger partial charge on any atom is -0.325 e. The lowest BCUT2D eigenvalue weighted by atomic mass is 10.0. The van der Waals surface area contributed by atoms with Crippen molar-refractivity contribution in [2.24, 2.45) is 5.41 Å². The van der Waals surface area contributed by atoms with Gasteiger partial charge in [0.25, 0.3) is 0 Å². The highest BCUT2D eigenvalue weighted by molar-refractivity contribution is 6.36. The Morgan fingerprint density at radius 3 is 2.24 bits per heavy atom. The Labute approximate surface area is 156 Å². The lowest BCUT2D eigenvalue weighted by Gasteiger charge is -2.16. The molecule has 0 aromatic heterocycles. The zero-order valence-corrected chi connectivity index (χ0v) is 15.2. The number of carbonyl (C=O) groups excluding carboxylic acids is 2. The number of hydrogen-bond donors (Lipinski definition) is 2. The highest BCUT2D eigenvalue weighted by atomic mass is 35.5. The molecule has 4 nitrogen and oxygen atoms in total. The maximum atomic E-state index is 12.6. The Morgan fingerprint density at radius 2 is 1.64 bits per heavy atom. The summed E-state index contributed by atoms with van der Waals surface area (Å²) < 4.78 is 0. The normalized spacial score (nSPS) is 14.7. The van der Waals surface area contributed by atoms with Gasteiger partial charge in [0, 0.05) is 10.7 Å². The number of aryl methyl sites for hydroxylation is 1. The van der Waals surface area contributed by atoms with Crippen molar-refractivity contribution in [3.05, 3.63) is 58.1 Å². The topological polar surface area (TPSA) is 58.2 Å². The smallest absolute Gasteiger partial charge is 0.240 e. The molecule has 2 N–H and O–H groups in total. The Bertz CT molecular complexity index is 815. The maximum Gasteiger partial charge on any atom is 0.240 e. The van der Waals surface area contributed by atoms with Gasteiger partial charge in [0.05, 0.1) is 10.7 Å². The molecule has 0 spiro atoms. The molecule has 0 atom stereocenters. The zero-order valence-electron chi connectivity index (χ0n) is 13.7. The fraction of sp³-hybridized carbons (Fsp3) is 0.263. The van der Waals surface area contributed by atoms with E-state index in [-0.39, 0.29) is 11.8 Å². The molecule has 2 aromatic carbocycles. The molecule has 1 fully saturated rings. The van der Waals surface area contributed by atoms with E-state index in [1.165, 1.54) is 5.56 Å². The second kappa shape index (κ2) is 7.06. The fourth-order valence-electron chi connectivity index (χ4n) is 2.59. The van der Waals surface area contributed by atoms with Crippen molar-refractivity contribution in [1.29, 1.82) is 0 Å². The van der Waals surface area contributed by atoms with Crippen LogP contribution in [0.25, 0.3) is 0 Å². The van der Waals surface area contributed by atoms with E-state index in [1.54, 1.807) is 18.2 Å². The van der Waals surface area contributed by atoms with Crippen LogP contribution in [0, 0.1) is 5.41 Å². The number of benzene rings is 2. The molecule has 1 aliphatic rings. The van der Waals surface area contributed by atoms with Crippen LogP contribution in [0.1, 0.15) is 25.3 Å². The minimum atomic E-state index is -1.05. The van der Waals surface area contributed by atoms with Gasteiger partial charge in [0.1, 0.15) is 5.41 Å². The maximum absolute atomic E-state index is 12.6. The van der Waals surface area contributed by atoms with Crippen LogP contribution in [0.2, 0.25) is 10.0 Å². The van der Waals surface area contributed by atoms with Crippen molar-refractivity contribution < 1.29 is 9.59 Å². The van der Waals surface area contributed by atoms with Crippen molar-refractivity contribution >= 4 is 46.4 Å². The van der Waals surface area contributed by atoms with E-state index in [9.17, 15) is 9.59 Å². The number of hydrogen-bond acceptors (Lipinski definition) is 2. The van der Waals surface area contributed by atoms with Gasteiger partial charge in [0.15, 0.2) is 0 Å². The summed E-state index contributed by atoms with van der Waals surface area (Å²) in [6, 6.07) is 12.4. The largest absolute Gasteiger partial charge is 0.325 e. The number of halogens is 2. The highest BCUT2D eigenvalue weighted by Crippen LogP contribution is 2.48. The van der Waals surface area contributed by atoms with Crippen molar-refractivity contribution in [2.75, 3.05) is 10.6 Å². The number of nitrogens with one attached hydrogen (secondary N) is 2. The van der Waals surface area contributed by atoms with Gasteiger partial charge in [-0.25, -0.2) is 0 Å². The molecule has 0 radical (unpaired) electrons. The number of rotatable bonds is 5. The molecule has 0 aliphatic heterocycles. The summed E-state index contributed by atoms with van der Waals surface area (Å²) in [7, 11) is 0. The summed E-state index contributed by atoms with van der Waals surface area (Å²) in [5.74, 6) is -0.660. The van der Waals surface area contributed by atoms with Crippen LogP contribution in [0.5, 0.6) is 0 Å². The number of carbonyl (C=O) groups is 2. The van der Waals surface area contributed by atoms with Crippen LogP contribution in [-0.4, -0.2) is 11.8 Å². The average molecular weight is 377 g/mol. The molecule has 2 aromatic rings. The third-order valence-corrected chi connectivity index (χ3v) is 4.98. The number of amides is 2. The molecule has 25 heavy (non-hydrogen) atoms. The minimum absolute atomic E-state index is 0.299. The Kier molecular flexibility index (Phi) is 5.02. The fourth-order valence-corrected chi connectivity index (χ4v) is 2.93. The van der Waals surface area contributed by atoms with Crippen LogP contribution in [0.4, 0.5) is 11.4 Å². The molecule has 1 aliphatic carbocycles. The molecule has 2 amide bonds. The number of anilines is 2. The van der Waals surface area contributed by atoms with Gasteiger partial charge in [-0.15, -0.1) is 0 Å². The summed E-state index contributed by atoms with van der Waals surface area (Å²) >= 11 is 12.0. The van der Waals surface area contributed by atoms with Crippen LogP contribution < -0.4 is 10.6 Å². The first-order valence-electron chi connectivity index (χ1n) is 8.11. The first-order chi connectivity index (χ1) is 11.9. The second-order valence-electron chi connectivity index (χ2n) is 6.17. The molecule has 1 saturated carbocycles. The Balaban J connectivity index is 1.71. The first-order valence-corrected chi connectivity index (χ1v) is 8.87. The summed E-state index contributed by atoms with van der Waals surface area (Å²) in [5, 5.41) is 6.39. The highest BCUT2D eigenvalue weighted by Gasteiger charge is 2.56. The molecule has 6 heteroatoms. The summed E-state index contributed by atoms with van der Waals surface area (Å²) in [5.41, 5.74) is 1.23. The lowest BCUT2D eigenvalue weighted by Crippen LogP contribution is -2.35. The van der Waals surface area contributed by atoms with Gasteiger partial charge in [0.2, 0.25) is 11.8 Å². The van der Waals surface area contributed by atoms with E-state index < -0.39 is 5.41 Å². The van der Waals surface area contributed by atoms with Gasteiger partial charge in [-0.2, -0.15) is 0 Å². The molecular weight excluding hydrogens is 359 g/mol. The van der Waals surface area contributed by atoms with Crippen molar-refractivity contribution in [3.63, 3.8) is 0 Å². The third-order valence-electron chi connectivity index (χ3n) is 4.42. The third kappa shape index (κ3) is 3.80. The van der Waals surface area contributed by atoms with Crippen LogP contribution in [0.15, 0.2) is 42.5 Å². The van der Waals surface area contributed by atoms with Crippen molar-refractivity contribution in [3.8, 4) is 0 Å². The molecule has 3 rings (SSSR count). The van der Waals surface area contributed by atoms with Gasteiger partial charge in [-0.3, -0.25) is 9.59 Å². The van der Waals surface area contributed by atoms with E-state index in [0.717, 1.165) is 6.42 Å². The van der Waals surface area contributed by atoms with Crippen molar-refractivity contribution in [1.82, 2.24) is 0 Å².